The number of aryl methyl sites for hydroxylation is 3. The van der Waals surface area contributed by atoms with Crippen LogP contribution in [0.1, 0.15) is 44.3 Å². The third kappa shape index (κ3) is 5.76. The minimum atomic E-state index is -4.06. The number of hydrogen-bond donors (Lipinski definition) is 2. The number of benzene rings is 3. The van der Waals surface area contributed by atoms with E-state index in [0.717, 1.165) is 16.7 Å². The summed E-state index contributed by atoms with van der Waals surface area (Å²) in [6, 6.07) is 14.1. The van der Waals surface area contributed by atoms with E-state index >= 15 is 0 Å². The molecule has 0 spiro atoms. The molecule has 0 aliphatic heterocycles. The Morgan fingerprint density at radius 2 is 1.59 bits per heavy atom. The highest BCUT2D eigenvalue weighted by molar-refractivity contribution is 7.92. The molecule has 178 valence electrons. The van der Waals surface area contributed by atoms with Crippen LogP contribution in [0.4, 0.5) is 11.4 Å². The molecule has 2 N–H and O–H groups in total. The normalized spacial score (nSPS) is 11.1. The summed E-state index contributed by atoms with van der Waals surface area (Å²) in [5, 5.41) is 2.70. The van der Waals surface area contributed by atoms with E-state index < -0.39 is 21.9 Å². The summed E-state index contributed by atoms with van der Waals surface area (Å²) in [4.78, 5) is 24.7. The van der Waals surface area contributed by atoms with Gasteiger partial charge in [0.2, 0.25) is 0 Å². The molecule has 1 amide bonds. The monoisotopic (exact) mass is 500 g/mol. The van der Waals surface area contributed by atoms with Gasteiger partial charge in [-0.2, -0.15) is 0 Å². The van der Waals surface area contributed by atoms with E-state index in [-0.39, 0.29) is 22.1 Å². The Kier molecular flexibility index (Phi) is 7.64. The summed E-state index contributed by atoms with van der Waals surface area (Å²) >= 11 is 6.19. The maximum Gasteiger partial charge on any atom is 0.338 e. The highest BCUT2D eigenvalue weighted by atomic mass is 35.5. The molecule has 0 saturated heterocycles. The average molecular weight is 501 g/mol. The molecule has 0 radical (unpaired) electrons. The molecular formula is C25H25ClN2O5S. The van der Waals surface area contributed by atoms with Gasteiger partial charge in [0.05, 0.1) is 22.9 Å². The molecule has 34 heavy (non-hydrogen) atoms. The fourth-order valence-corrected chi connectivity index (χ4v) is 4.93. The molecule has 0 bridgehead atoms. The third-order valence-electron chi connectivity index (χ3n) is 5.11. The summed E-state index contributed by atoms with van der Waals surface area (Å²) in [5.41, 5.74) is 3.68. The molecule has 7 nitrogen and oxygen atoms in total. The van der Waals surface area contributed by atoms with Crippen molar-refractivity contribution in [3.05, 3.63) is 87.4 Å². The van der Waals surface area contributed by atoms with E-state index in [2.05, 4.69) is 10.0 Å². The second-order valence-electron chi connectivity index (χ2n) is 7.77. The van der Waals surface area contributed by atoms with Crippen LogP contribution in [0.3, 0.4) is 0 Å². The lowest BCUT2D eigenvalue weighted by atomic mass is 10.1. The van der Waals surface area contributed by atoms with E-state index in [1.165, 1.54) is 24.3 Å². The quantitative estimate of drug-likeness (QED) is 0.417. The summed E-state index contributed by atoms with van der Waals surface area (Å²) in [5.74, 6) is -1.06. The van der Waals surface area contributed by atoms with Crippen molar-refractivity contribution in [1.82, 2.24) is 0 Å². The van der Waals surface area contributed by atoms with E-state index in [1.54, 1.807) is 45.0 Å². The van der Waals surface area contributed by atoms with E-state index in [1.807, 2.05) is 13.0 Å². The molecule has 0 heterocycles. The first-order valence-corrected chi connectivity index (χ1v) is 12.4. The summed E-state index contributed by atoms with van der Waals surface area (Å²) in [6.45, 7) is 7.41. The lowest BCUT2D eigenvalue weighted by Crippen LogP contribution is -2.17. The largest absolute Gasteiger partial charge is 0.462 e. The van der Waals surface area contributed by atoms with Crippen molar-refractivity contribution in [3.8, 4) is 0 Å². The van der Waals surface area contributed by atoms with Gasteiger partial charge >= 0.3 is 5.97 Å². The maximum absolute atomic E-state index is 13.0. The Bertz CT molecular complexity index is 1370. The van der Waals surface area contributed by atoms with Crippen molar-refractivity contribution >= 4 is 44.9 Å². The Morgan fingerprint density at radius 1 is 0.882 bits per heavy atom. The molecule has 0 unspecified atom stereocenters. The Labute approximate surface area is 204 Å². The minimum absolute atomic E-state index is 0.0192. The standard InChI is InChI=1S/C25H25ClN2O5S/c1-5-33-25(30)19-8-7-16(3)22(13-19)27-24(29)18-9-10-20(26)23(14-18)34(31,32)28-21-11-6-15(2)12-17(21)4/h6-14,28H,5H2,1-4H3,(H,27,29). The predicted molar refractivity (Wildman–Crippen MR) is 133 cm³/mol. The van der Waals surface area contributed by atoms with Crippen LogP contribution in [0.25, 0.3) is 0 Å². The van der Waals surface area contributed by atoms with Crippen LogP contribution in [0.2, 0.25) is 5.02 Å². The number of esters is 1. The number of nitrogens with one attached hydrogen (secondary N) is 2. The van der Waals surface area contributed by atoms with Crippen LogP contribution in [0.5, 0.6) is 0 Å². The number of anilines is 2. The fourth-order valence-electron chi connectivity index (χ4n) is 3.27. The molecule has 0 atom stereocenters. The molecule has 0 aromatic heterocycles. The number of rotatable bonds is 7. The number of carbonyl (C=O) groups is 2. The number of carbonyl (C=O) groups excluding carboxylic acids is 2. The van der Waals surface area contributed by atoms with Crippen LogP contribution in [-0.4, -0.2) is 26.9 Å². The van der Waals surface area contributed by atoms with Crippen LogP contribution >= 0.6 is 11.6 Å². The SMILES string of the molecule is CCOC(=O)c1ccc(C)c(NC(=O)c2ccc(Cl)c(S(=O)(=O)Nc3ccc(C)cc3C)c2)c1. The molecule has 9 heteroatoms. The number of halogens is 1. The van der Waals surface area contributed by atoms with Gasteiger partial charge in [-0.25, -0.2) is 13.2 Å². The Hall–Kier alpha value is -3.36. The smallest absolute Gasteiger partial charge is 0.338 e. The van der Waals surface area contributed by atoms with Gasteiger partial charge < -0.3 is 10.1 Å². The highest BCUT2D eigenvalue weighted by Gasteiger charge is 2.22. The van der Waals surface area contributed by atoms with Gasteiger partial charge in [0, 0.05) is 11.3 Å². The van der Waals surface area contributed by atoms with Crippen LogP contribution in [-0.2, 0) is 14.8 Å². The molecule has 0 saturated carbocycles. The minimum Gasteiger partial charge on any atom is -0.462 e. The van der Waals surface area contributed by atoms with Crippen molar-refractivity contribution in [3.63, 3.8) is 0 Å². The first-order valence-electron chi connectivity index (χ1n) is 10.5. The van der Waals surface area contributed by atoms with Gasteiger partial charge in [0.25, 0.3) is 15.9 Å². The summed E-state index contributed by atoms with van der Waals surface area (Å²) < 4.78 is 33.6. The molecule has 3 aromatic rings. The lowest BCUT2D eigenvalue weighted by Gasteiger charge is -2.14. The van der Waals surface area contributed by atoms with Crippen molar-refractivity contribution in [1.29, 1.82) is 0 Å². The predicted octanol–water partition coefficient (Wildman–Crippen LogP) is 5.50. The van der Waals surface area contributed by atoms with E-state index in [9.17, 15) is 18.0 Å². The summed E-state index contributed by atoms with van der Waals surface area (Å²) in [6.07, 6.45) is 0. The number of hydrogen-bond acceptors (Lipinski definition) is 5. The molecular weight excluding hydrogens is 476 g/mol. The van der Waals surface area contributed by atoms with Gasteiger partial charge in [-0.3, -0.25) is 9.52 Å². The van der Waals surface area contributed by atoms with Gasteiger partial charge in [-0.15, -0.1) is 0 Å². The molecule has 0 fully saturated rings. The second-order valence-corrected chi connectivity index (χ2v) is 9.83. The topological polar surface area (TPSA) is 102 Å². The van der Waals surface area contributed by atoms with Crippen LogP contribution in [0.15, 0.2) is 59.5 Å². The molecule has 0 aliphatic carbocycles. The first-order chi connectivity index (χ1) is 16.0. The van der Waals surface area contributed by atoms with Crippen molar-refractivity contribution < 1.29 is 22.7 Å². The molecule has 3 aromatic carbocycles. The zero-order valence-corrected chi connectivity index (χ0v) is 20.8. The van der Waals surface area contributed by atoms with Gasteiger partial charge in [0.1, 0.15) is 4.90 Å². The second kappa shape index (κ2) is 10.3. The van der Waals surface area contributed by atoms with E-state index in [0.29, 0.717) is 16.9 Å². The van der Waals surface area contributed by atoms with Crippen LogP contribution < -0.4 is 10.0 Å². The van der Waals surface area contributed by atoms with E-state index in [4.69, 9.17) is 16.3 Å². The van der Waals surface area contributed by atoms with Crippen LogP contribution in [0, 0.1) is 20.8 Å². The van der Waals surface area contributed by atoms with Crippen molar-refractivity contribution in [2.45, 2.75) is 32.6 Å². The lowest BCUT2D eigenvalue weighted by molar-refractivity contribution is 0.0526. The summed E-state index contributed by atoms with van der Waals surface area (Å²) in [7, 11) is -4.06. The molecule has 0 aliphatic rings. The van der Waals surface area contributed by atoms with Crippen molar-refractivity contribution in [2.24, 2.45) is 0 Å². The van der Waals surface area contributed by atoms with Gasteiger partial charge in [0.15, 0.2) is 0 Å². The number of ether oxygens (including phenoxy) is 1. The number of sulfonamides is 1. The fraction of sp³-hybridized carbons (Fsp3) is 0.200. The Morgan fingerprint density at radius 3 is 2.26 bits per heavy atom. The highest BCUT2D eigenvalue weighted by Crippen LogP contribution is 2.27. The third-order valence-corrected chi connectivity index (χ3v) is 6.95. The average Bonchev–Trinajstić information content (AvgIpc) is 2.77. The van der Waals surface area contributed by atoms with Crippen molar-refractivity contribution in [2.75, 3.05) is 16.6 Å². The zero-order valence-electron chi connectivity index (χ0n) is 19.2. The van der Waals surface area contributed by atoms with Gasteiger partial charge in [-0.05, 0) is 75.2 Å². The zero-order chi connectivity index (χ0) is 25.0. The number of amides is 1. The Balaban J connectivity index is 1.89. The maximum atomic E-state index is 13.0. The first kappa shape index (κ1) is 25.3. The van der Waals surface area contributed by atoms with Gasteiger partial charge in [-0.1, -0.05) is 35.4 Å². The molecule has 3 rings (SSSR count).